The number of amides is 2. The van der Waals surface area contributed by atoms with E-state index in [0.717, 1.165) is 11.1 Å². The van der Waals surface area contributed by atoms with E-state index in [1.807, 2.05) is 74.5 Å². The van der Waals surface area contributed by atoms with Crippen LogP contribution in [-0.4, -0.2) is 57.6 Å². The summed E-state index contributed by atoms with van der Waals surface area (Å²) >= 11 is 8.20. The second kappa shape index (κ2) is 10.5. The average molecular weight is 517 g/mol. The van der Waals surface area contributed by atoms with E-state index in [4.69, 9.17) is 21.1 Å². The molecule has 2 aliphatic rings. The predicted octanol–water partition coefficient (Wildman–Crippen LogP) is 4.35. The molecular weight excluding hydrogens is 488 g/mol. The van der Waals surface area contributed by atoms with Gasteiger partial charge in [-0.3, -0.25) is 4.79 Å². The minimum Gasteiger partial charge on any atom is -0.451 e. The van der Waals surface area contributed by atoms with Gasteiger partial charge in [0.2, 0.25) is 5.91 Å². The Morgan fingerprint density at radius 3 is 2.23 bits per heavy atom. The average Bonchev–Trinajstić information content (AvgIpc) is 2.85. The largest absolute Gasteiger partial charge is 0.451 e. The van der Waals surface area contributed by atoms with Gasteiger partial charge in [-0.25, -0.2) is 9.59 Å². The van der Waals surface area contributed by atoms with Crippen molar-refractivity contribution in [3.63, 3.8) is 0 Å². The van der Waals surface area contributed by atoms with Gasteiger partial charge in [0.05, 0.1) is 11.5 Å². The number of carbonyl (C=O) groups excluding carboxylic acids is 3. The highest BCUT2D eigenvalue weighted by Crippen LogP contribution is 2.46. The van der Waals surface area contributed by atoms with E-state index in [9.17, 15) is 14.4 Å². The Balaban J connectivity index is 1.53. The molecule has 0 radical (unpaired) electrons. The molecule has 7 nitrogen and oxygen atoms in total. The second-order valence-corrected chi connectivity index (χ2v) is 11.3. The zero-order valence-electron chi connectivity index (χ0n) is 19.8. The van der Waals surface area contributed by atoms with Gasteiger partial charge >= 0.3 is 12.1 Å². The topological polar surface area (TPSA) is 84.9 Å². The number of ether oxygens (including phenoxy) is 2. The molecule has 2 heterocycles. The zero-order valence-corrected chi connectivity index (χ0v) is 21.4. The molecule has 2 saturated heterocycles. The van der Waals surface area contributed by atoms with Gasteiger partial charge in [-0.05, 0) is 24.0 Å². The van der Waals surface area contributed by atoms with Gasteiger partial charge < -0.3 is 19.7 Å². The van der Waals surface area contributed by atoms with E-state index in [-0.39, 0.29) is 18.4 Å². The Morgan fingerprint density at radius 1 is 1.11 bits per heavy atom. The van der Waals surface area contributed by atoms with E-state index in [0.29, 0.717) is 5.75 Å². The fourth-order valence-electron chi connectivity index (χ4n) is 4.22. The summed E-state index contributed by atoms with van der Waals surface area (Å²) < 4.78 is 11.2. The number of hydrogen-bond donors (Lipinski definition) is 1. The van der Waals surface area contributed by atoms with Crippen molar-refractivity contribution in [3.05, 3.63) is 71.8 Å². The molecule has 35 heavy (non-hydrogen) atoms. The lowest BCUT2D eigenvalue weighted by atomic mass is 9.93. The van der Waals surface area contributed by atoms with Crippen molar-refractivity contribution in [3.8, 4) is 0 Å². The molecule has 0 spiro atoms. The molecule has 0 aliphatic carbocycles. The summed E-state index contributed by atoms with van der Waals surface area (Å²) in [5.74, 6) is -0.381. The molecule has 2 aromatic carbocycles. The highest BCUT2D eigenvalue weighted by molar-refractivity contribution is 8.00. The summed E-state index contributed by atoms with van der Waals surface area (Å²) in [4.78, 5) is 39.2. The van der Waals surface area contributed by atoms with Crippen LogP contribution in [0, 0.1) is 5.92 Å². The fraction of sp³-hybridized carbons (Fsp3) is 0.423. The second-order valence-electron chi connectivity index (χ2n) is 9.38. The number of carbonyl (C=O) groups is 3. The Kier molecular flexibility index (Phi) is 7.62. The molecule has 4 atom stereocenters. The van der Waals surface area contributed by atoms with Crippen molar-refractivity contribution in [1.82, 2.24) is 10.2 Å². The van der Waals surface area contributed by atoms with Crippen molar-refractivity contribution < 1.29 is 23.9 Å². The van der Waals surface area contributed by atoms with Crippen LogP contribution in [0.5, 0.6) is 0 Å². The molecule has 0 bridgehead atoms. The van der Waals surface area contributed by atoms with Crippen LogP contribution in [0.25, 0.3) is 0 Å². The first kappa shape index (κ1) is 25.4. The first-order valence-corrected chi connectivity index (χ1v) is 13.0. The van der Waals surface area contributed by atoms with Gasteiger partial charge in [0.25, 0.3) is 0 Å². The Bertz CT molecular complexity index is 1030. The Hall–Kier alpha value is -2.71. The van der Waals surface area contributed by atoms with E-state index in [1.165, 1.54) is 16.7 Å². The molecule has 0 aromatic heterocycles. The summed E-state index contributed by atoms with van der Waals surface area (Å²) in [6.07, 6.45) is -1.30. The van der Waals surface area contributed by atoms with Gasteiger partial charge in [-0.1, -0.05) is 74.5 Å². The Morgan fingerprint density at radius 2 is 1.69 bits per heavy atom. The van der Waals surface area contributed by atoms with E-state index in [1.54, 1.807) is 6.92 Å². The van der Waals surface area contributed by atoms with Crippen LogP contribution >= 0.6 is 23.4 Å². The minimum absolute atomic E-state index is 0.177. The third kappa shape index (κ3) is 5.43. The van der Waals surface area contributed by atoms with Crippen molar-refractivity contribution in [2.45, 2.75) is 49.2 Å². The number of alkyl halides is 1. The van der Waals surface area contributed by atoms with E-state index in [2.05, 4.69) is 5.32 Å². The van der Waals surface area contributed by atoms with Crippen LogP contribution in [0.15, 0.2) is 60.7 Å². The van der Waals surface area contributed by atoms with Crippen molar-refractivity contribution >= 4 is 41.3 Å². The normalized spacial score (nSPS) is 25.6. The van der Waals surface area contributed by atoms with Crippen molar-refractivity contribution in [2.75, 3.05) is 12.4 Å². The number of β-lactam (4-membered cyclic amide) rings is 1. The van der Waals surface area contributed by atoms with Crippen LogP contribution in [0.4, 0.5) is 4.79 Å². The van der Waals surface area contributed by atoms with Crippen molar-refractivity contribution in [1.29, 1.82) is 0 Å². The van der Waals surface area contributed by atoms with Crippen LogP contribution < -0.4 is 5.32 Å². The summed E-state index contributed by atoms with van der Waals surface area (Å²) in [5.41, 5.74) is 1.62. The molecule has 1 N–H and O–H groups in total. The first-order valence-electron chi connectivity index (χ1n) is 11.6. The van der Waals surface area contributed by atoms with E-state index >= 15 is 0 Å². The number of fused-ring (bicyclic) bond motifs is 1. The maximum absolute atomic E-state index is 13.6. The highest BCUT2D eigenvalue weighted by Gasteiger charge is 2.61. The third-order valence-corrected chi connectivity index (χ3v) is 8.05. The first-order chi connectivity index (χ1) is 16.7. The quantitative estimate of drug-likeness (QED) is 0.334. The van der Waals surface area contributed by atoms with Gasteiger partial charge in [-0.2, -0.15) is 0 Å². The molecule has 2 fully saturated rings. The lowest BCUT2D eigenvalue weighted by molar-refractivity contribution is -0.168. The number of hydrogen-bond acceptors (Lipinski definition) is 6. The maximum Gasteiger partial charge on any atom is 0.407 e. The number of rotatable bonds is 7. The fourth-order valence-corrected chi connectivity index (χ4v) is 6.02. The minimum atomic E-state index is -1.03. The van der Waals surface area contributed by atoms with Gasteiger partial charge in [-0.15, -0.1) is 23.4 Å². The number of nitrogens with one attached hydrogen (secondary N) is 1. The van der Waals surface area contributed by atoms with E-state index < -0.39 is 40.5 Å². The molecule has 2 amide bonds. The van der Waals surface area contributed by atoms with Gasteiger partial charge in [0.15, 0.2) is 12.1 Å². The molecule has 0 saturated carbocycles. The third-order valence-electron chi connectivity index (χ3n) is 5.95. The molecule has 2 aliphatic heterocycles. The summed E-state index contributed by atoms with van der Waals surface area (Å²) in [6, 6.07) is 17.1. The van der Waals surface area contributed by atoms with Crippen LogP contribution in [0.3, 0.4) is 0 Å². The van der Waals surface area contributed by atoms with Crippen LogP contribution in [0.1, 0.15) is 38.0 Å². The van der Waals surface area contributed by atoms with Crippen LogP contribution in [0.2, 0.25) is 0 Å². The maximum atomic E-state index is 13.6. The number of halogens is 1. The summed E-state index contributed by atoms with van der Waals surface area (Å²) in [7, 11) is 0. The van der Waals surface area contributed by atoms with Crippen molar-refractivity contribution in [2.24, 2.45) is 5.92 Å². The number of benzene rings is 2. The lowest BCUT2D eigenvalue weighted by Gasteiger charge is -2.56. The molecule has 9 heteroatoms. The standard InChI is InChI=1S/C26H29ClN2O5S/c1-16(2)14-33-25(32)28-19-22(30)29-21(26(3,27)15-35-23(19)29)24(31)34-20(17-10-6-4-7-11-17)18-12-8-5-9-13-18/h4-13,16,19-21,23H,14-15H2,1-3H3,(H,28,32)/t19-,21+,23-,26-/m1/s1. The number of nitrogens with zero attached hydrogens (tertiary/aromatic N) is 1. The number of esters is 1. The lowest BCUT2D eigenvalue weighted by Crippen LogP contribution is -2.78. The molecule has 0 unspecified atom stereocenters. The summed E-state index contributed by atoms with van der Waals surface area (Å²) in [5, 5.41) is 2.21. The van der Waals surface area contributed by atoms with Crippen LogP contribution in [-0.2, 0) is 19.1 Å². The smallest absolute Gasteiger partial charge is 0.407 e. The van der Waals surface area contributed by atoms with Gasteiger partial charge in [0, 0.05) is 5.75 Å². The molecule has 2 aromatic rings. The Labute approximate surface area is 214 Å². The predicted molar refractivity (Wildman–Crippen MR) is 135 cm³/mol. The molecular formula is C26H29ClN2O5S. The zero-order chi connectivity index (χ0) is 25.2. The number of thioether (sulfide) groups is 1. The molecule has 186 valence electrons. The number of alkyl carbamates (subject to hydrolysis) is 1. The summed E-state index contributed by atoms with van der Waals surface area (Å²) in [6.45, 7) is 5.84. The highest BCUT2D eigenvalue weighted by atomic mass is 35.5. The monoisotopic (exact) mass is 516 g/mol. The molecule has 4 rings (SSSR count). The SMILES string of the molecule is CC(C)COC(=O)N[C@@H]1C(=O)N2[C@@H]1SC[C@@](C)(Cl)[C@@H]2C(=O)OC(c1ccccc1)c1ccccc1. The van der Waals surface area contributed by atoms with Gasteiger partial charge in [0.1, 0.15) is 11.4 Å².